The second-order valence-corrected chi connectivity index (χ2v) is 4.99. The topological polar surface area (TPSA) is 42.0 Å². The molecule has 0 saturated carbocycles. The summed E-state index contributed by atoms with van der Waals surface area (Å²) >= 11 is 3.34. The van der Waals surface area contributed by atoms with Crippen LogP contribution in [0.1, 0.15) is 45.4 Å². The maximum atomic E-state index is 11.6. The lowest BCUT2D eigenvalue weighted by molar-refractivity contribution is -0.116. The van der Waals surface area contributed by atoms with Crippen molar-refractivity contribution >= 4 is 27.7 Å². The summed E-state index contributed by atoms with van der Waals surface area (Å²) in [5.74, 6) is 0.657. The van der Waals surface area contributed by atoms with Crippen molar-refractivity contribution in [1.82, 2.24) is 4.98 Å². The lowest BCUT2D eigenvalue weighted by Gasteiger charge is -2.04. The Hall–Kier alpha value is -0.900. The monoisotopic (exact) mass is 298 g/mol. The fourth-order valence-corrected chi connectivity index (χ4v) is 1.90. The molecule has 4 heteroatoms. The molecule has 0 aliphatic heterocycles. The van der Waals surface area contributed by atoms with Crippen LogP contribution < -0.4 is 5.32 Å². The summed E-state index contributed by atoms with van der Waals surface area (Å²) in [5.41, 5.74) is 0. The van der Waals surface area contributed by atoms with Gasteiger partial charge in [0.2, 0.25) is 5.91 Å². The number of hydrogen-bond acceptors (Lipinski definition) is 2. The predicted octanol–water partition coefficient (Wildman–Crippen LogP) is 4.14. The summed E-state index contributed by atoms with van der Waals surface area (Å²) in [7, 11) is 0. The third-order valence-corrected chi connectivity index (χ3v) is 2.99. The molecule has 0 aromatic carbocycles. The van der Waals surface area contributed by atoms with Gasteiger partial charge in [-0.1, -0.05) is 48.5 Å². The van der Waals surface area contributed by atoms with Gasteiger partial charge in [-0.05, 0) is 18.6 Å². The SMILES string of the molecule is CCCCCCCC(=O)Nc1cc(Br)ccn1. The Kier molecular flexibility index (Phi) is 6.86. The smallest absolute Gasteiger partial charge is 0.225 e. The lowest BCUT2D eigenvalue weighted by atomic mass is 10.1. The number of carbonyl (C=O) groups is 1. The van der Waals surface area contributed by atoms with Crippen molar-refractivity contribution < 1.29 is 4.79 Å². The summed E-state index contributed by atoms with van der Waals surface area (Å²) < 4.78 is 0.922. The van der Waals surface area contributed by atoms with E-state index in [1.807, 2.05) is 6.07 Å². The van der Waals surface area contributed by atoms with Gasteiger partial charge in [0.15, 0.2) is 0 Å². The van der Waals surface area contributed by atoms with Crippen molar-refractivity contribution in [2.75, 3.05) is 5.32 Å². The zero-order chi connectivity index (χ0) is 12.5. The van der Waals surface area contributed by atoms with Crippen LogP contribution in [0.4, 0.5) is 5.82 Å². The number of anilines is 1. The molecule has 0 fully saturated rings. The maximum Gasteiger partial charge on any atom is 0.225 e. The number of hydrogen-bond donors (Lipinski definition) is 1. The predicted molar refractivity (Wildman–Crippen MR) is 73.9 cm³/mol. The number of carbonyl (C=O) groups excluding carboxylic acids is 1. The van der Waals surface area contributed by atoms with Gasteiger partial charge < -0.3 is 5.32 Å². The summed E-state index contributed by atoms with van der Waals surface area (Å²) in [6.45, 7) is 2.19. The second kappa shape index (κ2) is 8.23. The molecule has 0 radical (unpaired) electrons. The van der Waals surface area contributed by atoms with E-state index >= 15 is 0 Å². The Morgan fingerprint density at radius 1 is 1.35 bits per heavy atom. The van der Waals surface area contributed by atoms with E-state index in [1.165, 1.54) is 19.3 Å². The number of unbranched alkanes of at least 4 members (excludes halogenated alkanes) is 4. The molecule has 1 amide bonds. The molecule has 1 aromatic heterocycles. The Morgan fingerprint density at radius 2 is 2.12 bits per heavy atom. The minimum Gasteiger partial charge on any atom is -0.311 e. The van der Waals surface area contributed by atoms with Crippen LogP contribution in [0, 0.1) is 0 Å². The van der Waals surface area contributed by atoms with E-state index in [-0.39, 0.29) is 5.91 Å². The minimum absolute atomic E-state index is 0.0482. The van der Waals surface area contributed by atoms with Gasteiger partial charge in [0.05, 0.1) is 0 Å². The van der Waals surface area contributed by atoms with Gasteiger partial charge in [-0.3, -0.25) is 4.79 Å². The first kappa shape index (κ1) is 14.2. The quantitative estimate of drug-likeness (QED) is 0.769. The van der Waals surface area contributed by atoms with Crippen molar-refractivity contribution in [1.29, 1.82) is 0 Å². The molecule has 0 saturated heterocycles. The largest absolute Gasteiger partial charge is 0.311 e. The Bertz CT molecular complexity index is 355. The van der Waals surface area contributed by atoms with Crippen molar-refractivity contribution in [2.24, 2.45) is 0 Å². The van der Waals surface area contributed by atoms with Crippen LogP contribution in [0.15, 0.2) is 22.8 Å². The number of nitrogens with zero attached hydrogens (tertiary/aromatic N) is 1. The zero-order valence-electron chi connectivity index (χ0n) is 10.2. The van der Waals surface area contributed by atoms with E-state index in [9.17, 15) is 4.79 Å². The maximum absolute atomic E-state index is 11.6. The highest BCUT2D eigenvalue weighted by molar-refractivity contribution is 9.10. The number of aromatic nitrogens is 1. The molecule has 0 spiro atoms. The van der Waals surface area contributed by atoms with E-state index in [0.717, 1.165) is 17.3 Å². The Morgan fingerprint density at radius 3 is 2.82 bits per heavy atom. The molecule has 3 nitrogen and oxygen atoms in total. The third kappa shape index (κ3) is 6.41. The highest BCUT2D eigenvalue weighted by atomic mass is 79.9. The molecule has 1 aromatic rings. The molecule has 17 heavy (non-hydrogen) atoms. The van der Waals surface area contributed by atoms with Gasteiger partial charge >= 0.3 is 0 Å². The zero-order valence-corrected chi connectivity index (χ0v) is 11.8. The van der Waals surface area contributed by atoms with Crippen LogP contribution in [-0.4, -0.2) is 10.9 Å². The van der Waals surface area contributed by atoms with Crippen LogP contribution in [0.2, 0.25) is 0 Å². The number of rotatable bonds is 7. The molecular formula is C13H19BrN2O. The van der Waals surface area contributed by atoms with Crippen LogP contribution in [0.25, 0.3) is 0 Å². The van der Waals surface area contributed by atoms with Gasteiger partial charge in [0, 0.05) is 17.1 Å². The van der Waals surface area contributed by atoms with Crippen LogP contribution in [0.3, 0.4) is 0 Å². The minimum atomic E-state index is 0.0482. The first-order chi connectivity index (χ1) is 8.22. The summed E-state index contributed by atoms with van der Waals surface area (Å²) in [6.07, 6.45) is 8.05. The molecule has 0 aliphatic carbocycles. The van der Waals surface area contributed by atoms with Crippen LogP contribution in [-0.2, 0) is 4.79 Å². The fourth-order valence-electron chi connectivity index (χ4n) is 1.57. The number of nitrogens with one attached hydrogen (secondary N) is 1. The van der Waals surface area contributed by atoms with E-state index in [2.05, 4.69) is 33.2 Å². The lowest BCUT2D eigenvalue weighted by Crippen LogP contribution is -2.12. The summed E-state index contributed by atoms with van der Waals surface area (Å²) in [5, 5.41) is 2.79. The van der Waals surface area contributed by atoms with Crippen molar-refractivity contribution in [2.45, 2.75) is 45.4 Å². The standard InChI is InChI=1S/C13H19BrN2O/c1-2-3-4-5-6-7-13(17)16-12-10-11(14)8-9-15-12/h8-10H,2-7H2,1H3,(H,15,16,17). The molecule has 0 atom stereocenters. The highest BCUT2D eigenvalue weighted by Gasteiger charge is 2.03. The van der Waals surface area contributed by atoms with Gasteiger partial charge in [-0.25, -0.2) is 4.98 Å². The molecule has 0 aliphatic rings. The van der Waals surface area contributed by atoms with Gasteiger partial charge in [0.1, 0.15) is 5.82 Å². The fraction of sp³-hybridized carbons (Fsp3) is 0.538. The van der Waals surface area contributed by atoms with Crippen LogP contribution in [0.5, 0.6) is 0 Å². The van der Waals surface area contributed by atoms with Gasteiger partial charge in [-0.2, -0.15) is 0 Å². The van der Waals surface area contributed by atoms with E-state index in [4.69, 9.17) is 0 Å². The first-order valence-electron chi connectivity index (χ1n) is 6.13. The molecule has 1 heterocycles. The molecule has 94 valence electrons. The molecule has 1 rings (SSSR count). The molecule has 0 unspecified atom stereocenters. The van der Waals surface area contributed by atoms with E-state index < -0.39 is 0 Å². The first-order valence-corrected chi connectivity index (χ1v) is 6.93. The summed E-state index contributed by atoms with van der Waals surface area (Å²) in [6, 6.07) is 3.63. The second-order valence-electron chi connectivity index (χ2n) is 4.07. The molecule has 0 bridgehead atoms. The summed E-state index contributed by atoms with van der Waals surface area (Å²) in [4.78, 5) is 15.7. The normalized spacial score (nSPS) is 10.2. The average Bonchev–Trinajstić information content (AvgIpc) is 2.29. The number of halogens is 1. The van der Waals surface area contributed by atoms with Gasteiger partial charge in [-0.15, -0.1) is 0 Å². The average molecular weight is 299 g/mol. The third-order valence-electron chi connectivity index (χ3n) is 2.50. The van der Waals surface area contributed by atoms with Crippen LogP contribution >= 0.6 is 15.9 Å². The highest BCUT2D eigenvalue weighted by Crippen LogP contribution is 2.13. The number of amides is 1. The Labute approximate surface area is 111 Å². The Balaban J connectivity index is 2.21. The van der Waals surface area contributed by atoms with Crippen molar-refractivity contribution in [3.8, 4) is 0 Å². The molecule has 1 N–H and O–H groups in total. The van der Waals surface area contributed by atoms with Crippen molar-refractivity contribution in [3.63, 3.8) is 0 Å². The molecular weight excluding hydrogens is 280 g/mol. The van der Waals surface area contributed by atoms with Gasteiger partial charge in [0.25, 0.3) is 0 Å². The van der Waals surface area contributed by atoms with E-state index in [0.29, 0.717) is 12.2 Å². The number of pyridine rings is 1. The van der Waals surface area contributed by atoms with Crippen molar-refractivity contribution in [3.05, 3.63) is 22.8 Å². The van der Waals surface area contributed by atoms with E-state index in [1.54, 1.807) is 12.3 Å².